The Hall–Kier alpha value is -1.99. The summed E-state index contributed by atoms with van der Waals surface area (Å²) in [6, 6.07) is 8.91. The number of rotatable bonds is 7. The molecule has 0 aliphatic rings. The minimum atomic E-state index is -0.461. The second-order valence-corrected chi connectivity index (χ2v) is 6.19. The van der Waals surface area contributed by atoms with E-state index in [2.05, 4.69) is 10.5 Å². The molecule has 1 N–H and O–H groups in total. The average Bonchev–Trinajstić information content (AvgIpc) is 2.92. The van der Waals surface area contributed by atoms with Crippen LogP contribution in [0, 0.1) is 6.92 Å². The molecule has 0 saturated heterocycles. The molecule has 0 saturated carbocycles. The van der Waals surface area contributed by atoms with Crippen LogP contribution in [0.2, 0.25) is 5.02 Å². The Labute approximate surface area is 142 Å². The second-order valence-electron chi connectivity index (χ2n) is 4.58. The van der Waals surface area contributed by atoms with Crippen LogP contribution in [0.15, 0.2) is 39.8 Å². The van der Waals surface area contributed by atoms with Gasteiger partial charge in [0.05, 0.1) is 6.42 Å². The van der Waals surface area contributed by atoms with Gasteiger partial charge < -0.3 is 14.6 Å². The minimum Gasteiger partial charge on any atom is -0.456 e. The van der Waals surface area contributed by atoms with Crippen LogP contribution in [0.5, 0.6) is 0 Å². The maximum Gasteiger partial charge on any atom is 0.307 e. The first kappa shape index (κ1) is 17.4. The number of amides is 1. The number of benzene rings is 1. The molecule has 122 valence electrons. The number of aryl methyl sites for hydroxylation is 1. The van der Waals surface area contributed by atoms with Crippen molar-refractivity contribution in [3.63, 3.8) is 0 Å². The predicted octanol–water partition coefficient (Wildman–Crippen LogP) is 3.30. The van der Waals surface area contributed by atoms with Gasteiger partial charge in [0.2, 0.25) is 0 Å². The molecule has 1 heterocycles. The summed E-state index contributed by atoms with van der Waals surface area (Å²) >= 11 is 7.31. The van der Waals surface area contributed by atoms with E-state index in [1.807, 2.05) is 12.1 Å². The van der Waals surface area contributed by atoms with Gasteiger partial charge in [0, 0.05) is 21.7 Å². The van der Waals surface area contributed by atoms with Crippen molar-refractivity contribution in [2.75, 3.05) is 17.7 Å². The van der Waals surface area contributed by atoms with Crippen LogP contribution in [0.25, 0.3) is 0 Å². The Balaban J connectivity index is 1.62. The number of nitrogens with zero attached hydrogens (tertiary/aromatic N) is 1. The molecule has 0 aliphatic carbocycles. The van der Waals surface area contributed by atoms with Crippen LogP contribution >= 0.6 is 23.4 Å². The van der Waals surface area contributed by atoms with Gasteiger partial charge in [0.25, 0.3) is 5.91 Å². The van der Waals surface area contributed by atoms with Gasteiger partial charge in [0.1, 0.15) is 5.76 Å². The Morgan fingerprint density at radius 3 is 2.74 bits per heavy atom. The van der Waals surface area contributed by atoms with Gasteiger partial charge in [-0.3, -0.25) is 9.59 Å². The number of esters is 1. The molecule has 0 atom stereocenters. The van der Waals surface area contributed by atoms with Crippen LogP contribution in [0.3, 0.4) is 0 Å². The number of anilines is 1. The van der Waals surface area contributed by atoms with Crippen molar-refractivity contribution in [3.8, 4) is 0 Å². The average molecular weight is 355 g/mol. The SMILES string of the molecule is Cc1cc(NC(=O)COC(=O)CCSc2ccc(Cl)cc2)no1. The summed E-state index contributed by atoms with van der Waals surface area (Å²) in [4.78, 5) is 24.2. The summed E-state index contributed by atoms with van der Waals surface area (Å²) in [7, 11) is 0. The largest absolute Gasteiger partial charge is 0.456 e. The summed E-state index contributed by atoms with van der Waals surface area (Å²) in [5, 5.41) is 6.75. The highest BCUT2D eigenvalue weighted by atomic mass is 35.5. The number of hydrogen-bond acceptors (Lipinski definition) is 6. The van der Waals surface area contributed by atoms with E-state index < -0.39 is 11.9 Å². The van der Waals surface area contributed by atoms with E-state index in [1.165, 1.54) is 11.8 Å². The zero-order chi connectivity index (χ0) is 16.7. The van der Waals surface area contributed by atoms with Gasteiger partial charge in [-0.25, -0.2) is 0 Å². The zero-order valence-corrected chi connectivity index (χ0v) is 13.9. The Kier molecular flexibility index (Phi) is 6.49. The van der Waals surface area contributed by atoms with Crippen molar-refractivity contribution in [1.82, 2.24) is 5.16 Å². The lowest BCUT2D eigenvalue weighted by molar-refractivity contribution is -0.146. The van der Waals surface area contributed by atoms with E-state index in [0.717, 1.165) is 4.90 Å². The number of halogens is 1. The minimum absolute atomic E-state index is 0.212. The summed E-state index contributed by atoms with van der Waals surface area (Å²) in [6.45, 7) is 1.36. The van der Waals surface area contributed by atoms with Crippen molar-refractivity contribution < 1.29 is 18.8 Å². The van der Waals surface area contributed by atoms with Gasteiger partial charge in [-0.2, -0.15) is 0 Å². The second kappa shape index (κ2) is 8.59. The molecule has 2 aromatic rings. The standard InChI is InChI=1S/C15H15ClN2O4S/c1-10-8-13(18-22-10)17-14(19)9-21-15(20)6-7-23-12-4-2-11(16)3-5-12/h2-5,8H,6-7,9H2,1H3,(H,17,18,19). The molecule has 1 aromatic carbocycles. The summed E-state index contributed by atoms with van der Waals surface area (Å²) in [6.07, 6.45) is 0.212. The van der Waals surface area contributed by atoms with Crippen LogP contribution < -0.4 is 5.32 Å². The Bertz CT molecular complexity index is 672. The number of carbonyl (C=O) groups excluding carboxylic acids is 2. The van der Waals surface area contributed by atoms with Crippen LogP contribution in [-0.2, 0) is 14.3 Å². The van der Waals surface area contributed by atoms with Crippen molar-refractivity contribution in [2.24, 2.45) is 0 Å². The molecule has 23 heavy (non-hydrogen) atoms. The molecule has 0 aliphatic heterocycles. The lowest BCUT2D eigenvalue weighted by Crippen LogP contribution is -2.21. The smallest absolute Gasteiger partial charge is 0.307 e. The third-order valence-corrected chi connectivity index (χ3v) is 3.91. The van der Waals surface area contributed by atoms with Gasteiger partial charge in [0.15, 0.2) is 12.4 Å². The summed E-state index contributed by atoms with van der Waals surface area (Å²) < 4.78 is 9.71. The number of aromatic nitrogens is 1. The fraction of sp³-hybridized carbons (Fsp3) is 0.267. The first-order valence-electron chi connectivity index (χ1n) is 6.80. The highest BCUT2D eigenvalue weighted by Crippen LogP contribution is 2.21. The maximum absolute atomic E-state index is 11.6. The molecule has 8 heteroatoms. The van der Waals surface area contributed by atoms with E-state index in [0.29, 0.717) is 22.4 Å². The molecular formula is C15H15ClN2O4S. The molecule has 1 aromatic heterocycles. The van der Waals surface area contributed by atoms with E-state index in [1.54, 1.807) is 25.1 Å². The summed E-state index contributed by atoms with van der Waals surface area (Å²) in [5.41, 5.74) is 0. The number of thioether (sulfide) groups is 1. The van der Waals surface area contributed by atoms with E-state index in [9.17, 15) is 9.59 Å². The third kappa shape index (κ3) is 6.33. The van der Waals surface area contributed by atoms with Crippen LogP contribution in [0.4, 0.5) is 5.82 Å². The molecule has 6 nitrogen and oxygen atoms in total. The molecule has 2 rings (SSSR count). The Morgan fingerprint density at radius 2 is 2.09 bits per heavy atom. The van der Waals surface area contributed by atoms with Gasteiger partial charge >= 0.3 is 5.97 Å². The molecule has 0 bridgehead atoms. The lowest BCUT2D eigenvalue weighted by atomic mass is 10.4. The molecule has 0 fully saturated rings. The zero-order valence-electron chi connectivity index (χ0n) is 12.4. The van der Waals surface area contributed by atoms with Gasteiger partial charge in [-0.1, -0.05) is 16.8 Å². The molecule has 0 radical (unpaired) electrons. The lowest BCUT2D eigenvalue weighted by Gasteiger charge is -2.05. The fourth-order valence-corrected chi connectivity index (χ4v) is 2.56. The molecule has 0 spiro atoms. The molecule has 0 unspecified atom stereocenters. The van der Waals surface area contributed by atoms with E-state index in [-0.39, 0.29) is 13.0 Å². The highest BCUT2D eigenvalue weighted by molar-refractivity contribution is 7.99. The summed E-state index contributed by atoms with van der Waals surface area (Å²) in [5.74, 6) is 0.540. The van der Waals surface area contributed by atoms with Crippen molar-refractivity contribution in [1.29, 1.82) is 0 Å². The van der Waals surface area contributed by atoms with Gasteiger partial charge in [-0.05, 0) is 31.2 Å². The normalized spacial score (nSPS) is 10.3. The van der Waals surface area contributed by atoms with Gasteiger partial charge in [-0.15, -0.1) is 11.8 Å². The first-order valence-corrected chi connectivity index (χ1v) is 8.16. The topological polar surface area (TPSA) is 81.4 Å². The first-order chi connectivity index (χ1) is 11.0. The number of nitrogens with one attached hydrogen (secondary N) is 1. The number of carbonyl (C=O) groups is 2. The van der Waals surface area contributed by atoms with Crippen LogP contribution in [-0.4, -0.2) is 29.4 Å². The monoisotopic (exact) mass is 354 g/mol. The number of hydrogen-bond donors (Lipinski definition) is 1. The fourth-order valence-electron chi connectivity index (χ4n) is 1.61. The van der Waals surface area contributed by atoms with Crippen molar-refractivity contribution in [2.45, 2.75) is 18.2 Å². The Morgan fingerprint density at radius 1 is 1.35 bits per heavy atom. The predicted molar refractivity (Wildman–Crippen MR) is 87.6 cm³/mol. The van der Waals surface area contributed by atoms with Crippen LogP contribution in [0.1, 0.15) is 12.2 Å². The molecular weight excluding hydrogens is 340 g/mol. The maximum atomic E-state index is 11.6. The quantitative estimate of drug-likeness (QED) is 0.607. The van der Waals surface area contributed by atoms with E-state index >= 15 is 0 Å². The van der Waals surface area contributed by atoms with E-state index in [4.69, 9.17) is 20.9 Å². The van der Waals surface area contributed by atoms with Crippen molar-refractivity contribution in [3.05, 3.63) is 41.1 Å². The number of ether oxygens (including phenoxy) is 1. The third-order valence-electron chi connectivity index (χ3n) is 2.65. The molecule has 1 amide bonds. The van der Waals surface area contributed by atoms with Crippen molar-refractivity contribution >= 4 is 41.1 Å². The highest BCUT2D eigenvalue weighted by Gasteiger charge is 2.10.